The van der Waals surface area contributed by atoms with E-state index in [4.69, 9.17) is 9.47 Å². The first kappa shape index (κ1) is 23.9. The number of amides is 1. The maximum atomic E-state index is 11.4. The first-order valence-corrected chi connectivity index (χ1v) is 11.2. The maximum absolute atomic E-state index is 11.4. The Kier molecular flexibility index (Phi) is 8.53. The fourth-order valence-electron chi connectivity index (χ4n) is 3.68. The monoisotopic (exact) mass is 445 g/mol. The van der Waals surface area contributed by atoms with Crippen molar-refractivity contribution >= 4 is 17.2 Å². The third-order valence-electron chi connectivity index (χ3n) is 5.44. The van der Waals surface area contributed by atoms with Crippen LogP contribution in [0.3, 0.4) is 0 Å². The SMILES string of the molecule is CCC(=C(c1ccc(O)cc1)c1ccc(OC(CC)COC(=O)NC)cc1)c1ccccc1. The van der Waals surface area contributed by atoms with Crippen molar-refractivity contribution in [3.8, 4) is 11.5 Å². The summed E-state index contributed by atoms with van der Waals surface area (Å²) in [6, 6.07) is 25.6. The fourth-order valence-corrected chi connectivity index (χ4v) is 3.68. The van der Waals surface area contributed by atoms with Gasteiger partial charge in [-0.3, -0.25) is 0 Å². The molecule has 0 radical (unpaired) electrons. The van der Waals surface area contributed by atoms with E-state index in [0.29, 0.717) is 12.2 Å². The zero-order chi connectivity index (χ0) is 23.6. The highest BCUT2D eigenvalue weighted by atomic mass is 16.6. The molecule has 5 heteroatoms. The number of rotatable bonds is 9. The molecule has 0 saturated heterocycles. The van der Waals surface area contributed by atoms with Gasteiger partial charge in [-0.15, -0.1) is 0 Å². The van der Waals surface area contributed by atoms with Crippen LogP contribution in [0.4, 0.5) is 4.79 Å². The van der Waals surface area contributed by atoms with Crippen LogP contribution in [0.2, 0.25) is 0 Å². The smallest absolute Gasteiger partial charge is 0.406 e. The summed E-state index contributed by atoms with van der Waals surface area (Å²) in [6.07, 6.45) is 0.873. The minimum atomic E-state index is -0.468. The van der Waals surface area contributed by atoms with Gasteiger partial charge in [0.25, 0.3) is 0 Å². The number of nitrogens with one attached hydrogen (secondary N) is 1. The molecule has 0 aromatic heterocycles. The molecule has 0 aliphatic carbocycles. The van der Waals surface area contributed by atoms with Gasteiger partial charge in [-0.2, -0.15) is 0 Å². The van der Waals surface area contributed by atoms with Gasteiger partial charge in [0.1, 0.15) is 24.2 Å². The summed E-state index contributed by atoms with van der Waals surface area (Å²) < 4.78 is 11.2. The average molecular weight is 446 g/mol. The number of carbonyl (C=O) groups is 1. The molecule has 0 saturated carbocycles. The fraction of sp³-hybridized carbons (Fsp3) is 0.250. The maximum Gasteiger partial charge on any atom is 0.406 e. The second-order valence-corrected chi connectivity index (χ2v) is 7.64. The average Bonchev–Trinajstić information content (AvgIpc) is 2.86. The molecular weight excluding hydrogens is 414 g/mol. The van der Waals surface area contributed by atoms with E-state index in [1.54, 1.807) is 12.1 Å². The summed E-state index contributed by atoms with van der Waals surface area (Å²) in [5.74, 6) is 0.957. The van der Waals surface area contributed by atoms with E-state index in [-0.39, 0.29) is 18.5 Å². The molecule has 0 aliphatic heterocycles. The number of alkyl carbamates (subject to hydrolysis) is 1. The van der Waals surface area contributed by atoms with Gasteiger partial charge in [-0.05, 0) is 64.9 Å². The van der Waals surface area contributed by atoms with E-state index in [1.807, 2.05) is 61.5 Å². The number of ether oxygens (including phenoxy) is 2. The van der Waals surface area contributed by atoms with Crippen molar-refractivity contribution in [2.75, 3.05) is 13.7 Å². The van der Waals surface area contributed by atoms with Crippen molar-refractivity contribution in [1.29, 1.82) is 0 Å². The topological polar surface area (TPSA) is 67.8 Å². The Balaban J connectivity index is 1.94. The Hall–Kier alpha value is -3.73. The Morgan fingerprint density at radius 3 is 2.03 bits per heavy atom. The first-order chi connectivity index (χ1) is 16.0. The minimum absolute atomic E-state index is 0.185. The number of benzene rings is 3. The van der Waals surface area contributed by atoms with E-state index in [0.717, 1.165) is 23.1 Å². The number of phenolic OH excluding ortho intramolecular Hbond substituents is 1. The van der Waals surface area contributed by atoms with E-state index in [9.17, 15) is 9.90 Å². The van der Waals surface area contributed by atoms with Crippen LogP contribution in [0.5, 0.6) is 11.5 Å². The van der Waals surface area contributed by atoms with Gasteiger partial charge in [-0.25, -0.2) is 4.79 Å². The third-order valence-corrected chi connectivity index (χ3v) is 5.44. The number of carbonyl (C=O) groups excluding carboxylic acids is 1. The third kappa shape index (κ3) is 6.39. The van der Waals surface area contributed by atoms with E-state index < -0.39 is 6.09 Å². The summed E-state index contributed by atoms with van der Waals surface area (Å²) >= 11 is 0. The number of allylic oxidation sites excluding steroid dienone is 1. The molecule has 0 spiro atoms. The molecule has 0 heterocycles. The van der Waals surface area contributed by atoms with Gasteiger partial charge in [0.2, 0.25) is 0 Å². The molecule has 1 atom stereocenters. The molecule has 2 N–H and O–H groups in total. The van der Waals surface area contributed by atoms with Gasteiger partial charge in [0.05, 0.1) is 0 Å². The lowest BCUT2D eigenvalue weighted by atomic mass is 9.88. The lowest BCUT2D eigenvalue weighted by Gasteiger charge is -2.19. The Morgan fingerprint density at radius 2 is 1.48 bits per heavy atom. The van der Waals surface area contributed by atoms with Gasteiger partial charge in [-0.1, -0.05) is 68.4 Å². The van der Waals surface area contributed by atoms with Crippen LogP contribution in [0.25, 0.3) is 11.1 Å². The second kappa shape index (κ2) is 11.8. The number of hydrogen-bond donors (Lipinski definition) is 2. The normalized spacial score (nSPS) is 12.5. The molecule has 3 aromatic carbocycles. The summed E-state index contributed by atoms with van der Waals surface area (Å²) in [7, 11) is 1.53. The van der Waals surface area contributed by atoms with E-state index >= 15 is 0 Å². The predicted octanol–water partition coefficient (Wildman–Crippen LogP) is 6.27. The van der Waals surface area contributed by atoms with Crippen LogP contribution in [-0.4, -0.2) is 31.0 Å². The molecule has 1 amide bonds. The zero-order valence-corrected chi connectivity index (χ0v) is 19.4. The highest BCUT2D eigenvalue weighted by Gasteiger charge is 2.15. The zero-order valence-electron chi connectivity index (χ0n) is 19.4. The highest BCUT2D eigenvalue weighted by Crippen LogP contribution is 2.35. The number of aromatic hydroxyl groups is 1. The molecular formula is C28H31NO4. The van der Waals surface area contributed by atoms with Gasteiger partial charge < -0.3 is 19.9 Å². The van der Waals surface area contributed by atoms with E-state index in [2.05, 4.69) is 24.4 Å². The van der Waals surface area contributed by atoms with E-state index in [1.165, 1.54) is 18.2 Å². The van der Waals surface area contributed by atoms with Crippen LogP contribution in [0, 0.1) is 0 Å². The quantitative estimate of drug-likeness (QED) is 0.381. The first-order valence-electron chi connectivity index (χ1n) is 11.2. The van der Waals surface area contributed by atoms with Crippen molar-refractivity contribution in [3.05, 3.63) is 95.6 Å². The van der Waals surface area contributed by atoms with Crippen molar-refractivity contribution < 1.29 is 19.4 Å². The summed E-state index contributed by atoms with van der Waals surface area (Å²) in [5, 5.41) is 12.2. The number of hydrogen-bond acceptors (Lipinski definition) is 4. The Bertz CT molecular complexity index is 1060. The molecule has 172 valence electrons. The van der Waals surface area contributed by atoms with Gasteiger partial charge in [0.15, 0.2) is 0 Å². The molecule has 0 aliphatic rings. The molecule has 1 unspecified atom stereocenters. The largest absolute Gasteiger partial charge is 0.508 e. The van der Waals surface area contributed by atoms with Crippen molar-refractivity contribution in [3.63, 3.8) is 0 Å². The summed E-state index contributed by atoms with van der Waals surface area (Å²) in [4.78, 5) is 11.4. The van der Waals surface area contributed by atoms with Crippen LogP contribution in [-0.2, 0) is 4.74 Å². The summed E-state index contributed by atoms with van der Waals surface area (Å²) in [6.45, 7) is 4.33. The lowest BCUT2D eigenvalue weighted by molar-refractivity contribution is 0.0811. The predicted molar refractivity (Wildman–Crippen MR) is 132 cm³/mol. The highest BCUT2D eigenvalue weighted by molar-refractivity contribution is 5.98. The van der Waals surface area contributed by atoms with Crippen LogP contribution in [0.15, 0.2) is 78.9 Å². The standard InChI is InChI=1S/C28H31NO4/c1-4-24(19-32-28(31)29-3)33-25-17-13-22(14-18-25)27(21-11-15-23(30)16-12-21)26(5-2)20-9-7-6-8-10-20/h6-18,24,30H,4-5,19H2,1-3H3,(H,29,31). The Labute approximate surface area is 195 Å². The van der Waals surface area contributed by atoms with Crippen LogP contribution < -0.4 is 10.1 Å². The van der Waals surface area contributed by atoms with Crippen molar-refractivity contribution in [1.82, 2.24) is 5.32 Å². The molecule has 5 nitrogen and oxygen atoms in total. The van der Waals surface area contributed by atoms with Gasteiger partial charge in [0, 0.05) is 7.05 Å². The second-order valence-electron chi connectivity index (χ2n) is 7.64. The van der Waals surface area contributed by atoms with Crippen molar-refractivity contribution in [2.45, 2.75) is 32.8 Å². The minimum Gasteiger partial charge on any atom is -0.508 e. The molecule has 3 rings (SSSR count). The van der Waals surface area contributed by atoms with Gasteiger partial charge >= 0.3 is 6.09 Å². The number of phenols is 1. The lowest BCUT2D eigenvalue weighted by Crippen LogP contribution is -2.28. The molecule has 0 fully saturated rings. The Morgan fingerprint density at radius 1 is 0.879 bits per heavy atom. The molecule has 0 bridgehead atoms. The molecule has 33 heavy (non-hydrogen) atoms. The van der Waals surface area contributed by atoms with Crippen LogP contribution in [0.1, 0.15) is 43.4 Å². The van der Waals surface area contributed by atoms with Crippen LogP contribution >= 0.6 is 0 Å². The van der Waals surface area contributed by atoms with Crippen molar-refractivity contribution in [2.24, 2.45) is 0 Å². The summed E-state index contributed by atoms with van der Waals surface area (Å²) in [5.41, 5.74) is 5.60. The molecule has 3 aromatic rings.